The number of allylic oxidation sites excluding steroid dienone is 2. The first-order chi connectivity index (χ1) is 10.2. The molecular formula is C16H16N2O3. The van der Waals surface area contributed by atoms with Gasteiger partial charge < -0.3 is 5.32 Å². The fourth-order valence-corrected chi connectivity index (χ4v) is 2.89. The molecule has 2 unspecified atom stereocenters. The molecule has 3 amide bonds. The van der Waals surface area contributed by atoms with Crippen molar-refractivity contribution in [3.8, 4) is 0 Å². The molecule has 0 spiro atoms. The lowest BCUT2D eigenvalue weighted by atomic mass is 9.85. The molecule has 1 N–H and O–H groups in total. The zero-order valence-electron chi connectivity index (χ0n) is 11.5. The van der Waals surface area contributed by atoms with Crippen molar-refractivity contribution in [2.75, 3.05) is 11.9 Å². The minimum Gasteiger partial charge on any atom is -0.325 e. The fraction of sp³-hybridized carbons (Fsp3) is 0.312. The monoisotopic (exact) mass is 284 g/mol. The van der Waals surface area contributed by atoms with E-state index in [2.05, 4.69) is 5.32 Å². The minimum absolute atomic E-state index is 0.209. The number of hydrogen-bond donors (Lipinski definition) is 1. The van der Waals surface area contributed by atoms with E-state index in [0.717, 1.165) is 4.90 Å². The summed E-state index contributed by atoms with van der Waals surface area (Å²) in [7, 11) is 0. The lowest BCUT2D eigenvalue weighted by molar-refractivity contribution is -0.142. The summed E-state index contributed by atoms with van der Waals surface area (Å²) in [4.78, 5) is 37.5. The fourth-order valence-electron chi connectivity index (χ4n) is 2.89. The number of rotatable bonds is 3. The van der Waals surface area contributed by atoms with Crippen molar-refractivity contribution in [2.45, 2.75) is 12.8 Å². The molecule has 0 radical (unpaired) electrons. The Bertz CT molecular complexity index is 583. The second-order valence-electron chi connectivity index (χ2n) is 5.33. The maximum Gasteiger partial charge on any atom is 0.244 e. The Morgan fingerprint density at radius 2 is 1.62 bits per heavy atom. The van der Waals surface area contributed by atoms with Gasteiger partial charge in [0.2, 0.25) is 17.7 Å². The summed E-state index contributed by atoms with van der Waals surface area (Å²) < 4.78 is 0. The predicted octanol–water partition coefficient (Wildman–Crippen LogP) is 1.58. The molecule has 2 atom stereocenters. The molecule has 5 heteroatoms. The van der Waals surface area contributed by atoms with Gasteiger partial charge in [0.25, 0.3) is 0 Å². The number of para-hydroxylation sites is 1. The van der Waals surface area contributed by atoms with E-state index in [9.17, 15) is 14.4 Å². The Morgan fingerprint density at radius 1 is 1.05 bits per heavy atom. The van der Waals surface area contributed by atoms with Crippen LogP contribution in [0.5, 0.6) is 0 Å². The third-order valence-electron chi connectivity index (χ3n) is 3.96. The summed E-state index contributed by atoms with van der Waals surface area (Å²) in [6, 6.07) is 8.98. The summed E-state index contributed by atoms with van der Waals surface area (Å²) in [6.07, 6.45) is 5.04. The number of carbonyl (C=O) groups excluding carboxylic acids is 3. The van der Waals surface area contributed by atoms with Crippen LogP contribution >= 0.6 is 0 Å². The maximum atomic E-state index is 12.2. The molecule has 1 aromatic carbocycles. The SMILES string of the molecule is O=C(CN1C(=O)C2CC=CCC2C1=O)Nc1ccccc1. The molecule has 3 rings (SSSR count). The van der Waals surface area contributed by atoms with Gasteiger partial charge in [0.15, 0.2) is 0 Å². The molecule has 108 valence electrons. The van der Waals surface area contributed by atoms with Gasteiger partial charge in [-0.15, -0.1) is 0 Å². The first kappa shape index (κ1) is 13.5. The van der Waals surface area contributed by atoms with Gasteiger partial charge in [-0.25, -0.2) is 0 Å². The molecule has 5 nitrogen and oxygen atoms in total. The molecule has 0 bridgehead atoms. The Morgan fingerprint density at radius 3 is 2.19 bits per heavy atom. The molecule has 0 aromatic heterocycles. The number of imide groups is 1. The Kier molecular flexibility index (Phi) is 3.56. The first-order valence-electron chi connectivity index (χ1n) is 7.02. The normalized spacial score (nSPS) is 24.1. The summed E-state index contributed by atoms with van der Waals surface area (Å²) >= 11 is 0. The molecule has 1 heterocycles. The van der Waals surface area contributed by atoms with E-state index < -0.39 is 0 Å². The first-order valence-corrected chi connectivity index (χ1v) is 7.02. The molecule has 1 saturated heterocycles. The Labute approximate surface area is 122 Å². The maximum absolute atomic E-state index is 12.2. The van der Waals surface area contributed by atoms with Crippen LogP contribution in [0.2, 0.25) is 0 Å². The van der Waals surface area contributed by atoms with Crippen LogP contribution in [-0.2, 0) is 14.4 Å². The number of nitrogens with zero attached hydrogens (tertiary/aromatic N) is 1. The number of anilines is 1. The Balaban J connectivity index is 1.66. The lowest BCUT2D eigenvalue weighted by Gasteiger charge is -2.14. The van der Waals surface area contributed by atoms with E-state index in [4.69, 9.17) is 0 Å². The Hall–Kier alpha value is -2.43. The summed E-state index contributed by atoms with van der Waals surface area (Å²) in [5.41, 5.74) is 0.653. The predicted molar refractivity (Wildman–Crippen MR) is 77.1 cm³/mol. The quantitative estimate of drug-likeness (QED) is 0.677. The van der Waals surface area contributed by atoms with Gasteiger partial charge in [-0.05, 0) is 25.0 Å². The van der Waals surface area contributed by atoms with Crippen LogP contribution in [0.3, 0.4) is 0 Å². The van der Waals surface area contributed by atoms with E-state index in [1.54, 1.807) is 12.1 Å². The van der Waals surface area contributed by atoms with E-state index >= 15 is 0 Å². The van der Waals surface area contributed by atoms with E-state index in [1.807, 2.05) is 30.4 Å². The topological polar surface area (TPSA) is 66.5 Å². The largest absolute Gasteiger partial charge is 0.325 e. The van der Waals surface area contributed by atoms with Crippen molar-refractivity contribution in [3.05, 3.63) is 42.5 Å². The number of likely N-dealkylation sites (tertiary alicyclic amines) is 1. The van der Waals surface area contributed by atoms with E-state index in [1.165, 1.54) is 0 Å². The van der Waals surface area contributed by atoms with Crippen LogP contribution in [0.4, 0.5) is 5.69 Å². The third kappa shape index (κ3) is 2.59. The summed E-state index contributed by atoms with van der Waals surface area (Å²) in [5, 5.41) is 2.69. The molecule has 1 aliphatic carbocycles. The van der Waals surface area contributed by atoms with Crippen molar-refractivity contribution in [1.29, 1.82) is 0 Å². The smallest absolute Gasteiger partial charge is 0.244 e. The molecule has 1 aliphatic heterocycles. The van der Waals surface area contributed by atoms with Gasteiger partial charge in [0.1, 0.15) is 6.54 Å². The molecule has 0 saturated carbocycles. The van der Waals surface area contributed by atoms with Gasteiger partial charge in [-0.1, -0.05) is 30.4 Å². The van der Waals surface area contributed by atoms with Crippen molar-refractivity contribution in [3.63, 3.8) is 0 Å². The highest BCUT2D eigenvalue weighted by Crippen LogP contribution is 2.34. The highest BCUT2D eigenvalue weighted by Gasteiger charge is 2.47. The number of fused-ring (bicyclic) bond motifs is 1. The summed E-state index contributed by atoms with van der Waals surface area (Å²) in [6.45, 7) is -0.209. The van der Waals surface area contributed by atoms with Gasteiger partial charge >= 0.3 is 0 Å². The molecular weight excluding hydrogens is 268 g/mol. The average molecular weight is 284 g/mol. The molecule has 1 fully saturated rings. The van der Waals surface area contributed by atoms with E-state index in [0.29, 0.717) is 18.5 Å². The van der Waals surface area contributed by atoms with Gasteiger partial charge in [0, 0.05) is 5.69 Å². The minimum atomic E-state index is -0.352. The second-order valence-corrected chi connectivity index (χ2v) is 5.33. The zero-order valence-corrected chi connectivity index (χ0v) is 11.5. The number of carbonyl (C=O) groups is 3. The van der Waals surface area contributed by atoms with Crippen LogP contribution in [0.15, 0.2) is 42.5 Å². The van der Waals surface area contributed by atoms with Crippen LogP contribution in [0.25, 0.3) is 0 Å². The van der Waals surface area contributed by atoms with Crippen molar-refractivity contribution < 1.29 is 14.4 Å². The van der Waals surface area contributed by atoms with Crippen molar-refractivity contribution in [1.82, 2.24) is 4.90 Å². The third-order valence-corrected chi connectivity index (χ3v) is 3.96. The van der Waals surface area contributed by atoms with Gasteiger partial charge in [0.05, 0.1) is 11.8 Å². The molecule has 21 heavy (non-hydrogen) atoms. The number of hydrogen-bond acceptors (Lipinski definition) is 3. The molecule has 2 aliphatic rings. The number of amides is 3. The van der Waals surface area contributed by atoms with Crippen LogP contribution in [-0.4, -0.2) is 29.2 Å². The standard InChI is InChI=1S/C16H16N2O3/c19-14(17-11-6-2-1-3-7-11)10-18-15(20)12-8-4-5-9-13(12)16(18)21/h1-7,12-13H,8-10H2,(H,17,19). The summed E-state index contributed by atoms with van der Waals surface area (Å²) in [5.74, 6) is -1.37. The molecule has 1 aromatic rings. The van der Waals surface area contributed by atoms with Crippen LogP contribution < -0.4 is 5.32 Å². The highest BCUT2D eigenvalue weighted by molar-refractivity contribution is 6.08. The average Bonchev–Trinajstić information content (AvgIpc) is 2.74. The van der Waals surface area contributed by atoms with Gasteiger partial charge in [-0.2, -0.15) is 0 Å². The number of nitrogens with one attached hydrogen (secondary N) is 1. The van der Waals surface area contributed by atoms with E-state index in [-0.39, 0.29) is 36.1 Å². The lowest BCUT2D eigenvalue weighted by Crippen LogP contribution is -2.38. The van der Waals surface area contributed by atoms with Crippen LogP contribution in [0.1, 0.15) is 12.8 Å². The van der Waals surface area contributed by atoms with Crippen molar-refractivity contribution >= 4 is 23.4 Å². The highest BCUT2D eigenvalue weighted by atomic mass is 16.2. The van der Waals surface area contributed by atoms with Crippen LogP contribution in [0, 0.1) is 11.8 Å². The second kappa shape index (κ2) is 5.52. The van der Waals surface area contributed by atoms with Crippen molar-refractivity contribution in [2.24, 2.45) is 11.8 Å². The number of benzene rings is 1. The zero-order chi connectivity index (χ0) is 14.8. The van der Waals surface area contributed by atoms with Gasteiger partial charge in [-0.3, -0.25) is 19.3 Å².